The van der Waals surface area contributed by atoms with E-state index in [-0.39, 0.29) is 11.9 Å². The molecular formula is C13H16FN5O2S. The summed E-state index contributed by atoms with van der Waals surface area (Å²) in [5, 5.41) is 8.37. The average Bonchev–Trinajstić information content (AvgIpc) is 3.19. The van der Waals surface area contributed by atoms with Gasteiger partial charge in [-0.1, -0.05) is 5.16 Å². The maximum absolute atomic E-state index is 13.7. The van der Waals surface area contributed by atoms with Crippen LogP contribution in [0.25, 0.3) is 0 Å². The Bertz CT molecular complexity index is 632. The Morgan fingerprint density at radius 1 is 1.64 bits per heavy atom. The molecule has 7 nitrogen and oxygen atoms in total. The second-order valence-corrected chi connectivity index (χ2v) is 5.91. The van der Waals surface area contributed by atoms with Crippen LogP contribution in [0.5, 0.6) is 0 Å². The Morgan fingerprint density at radius 2 is 2.50 bits per heavy atom. The monoisotopic (exact) mass is 325 g/mol. The molecule has 0 aromatic carbocycles. The van der Waals surface area contributed by atoms with Gasteiger partial charge in [-0.2, -0.15) is 9.36 Å². The van der Waals surface area contributed by atoms with Crippen LogP contribution in [0, 0.1) is 6.92 Å². The highest BCUT2D eigenvalue weighted by atomic mass is 32.1. The molecule has 9 heteroatoms. The van der Waals surface area contributed by atoms with Crippen molar-refractivity contribution >= 4 is 17.4 Å². The van der Waals surface area contributed by atoms with Crippen LogP contribution < -0.4 is 5.32 Å². The summed E-state index contributed by atoms with van der Waals surface area (Å²) in [5.41, 5.74) is 0.389. The number of halogens is 1. The van der Waals surface area contributed by atoms with Gasteiger partial charge in [0.15, 0.2) is 5.82 Å². The molecule has 0 radical (unpaired) electrons. The number of alkyl halides is 1. The van der Waals surface area contributed by atoms with Crippen molar-refractivity contribution in [3.8, 4) is 0 Å². The van der Waals surface area contributed by atoms with Gasteiger partial charge in [0, 0.05) is 31.4 Å². The third kappa shape index (κ3) is 3.47. The van der Waals surface area contributed by atoms with Crippen molar-refractivity contribution in [1.29, 1.82) is 0 Å². The van der Waals surface area contributed by atoms with Crippen LogP contribution in [-0.2, 0) is 6.54 Å². The van der Waals surface area contributed by atoms with E-state index in [2.05, 4.69) is 19.8 Å². The molecule has 2 aromatic heterocycles. The standard InChI is InChI=1S/C13H16FN5O2S/c1-8-16-12(17-21-8)7-19-6-9(14)4-10(19)5-15-13(20)11-2-3-22-18-11/h2-3,9-10H,4-7H2,1H3,(H,15,20)/t9-,10-/m0/s1. The normalized spacial score (nSPS) is 22.1. The number of aromatic nitrogens is 3. The Morgan fingerprint density at radius 3 is 3.18 bits per heavy atom. The van der Waals surface area contributed by atoms with Crippen molar-refractivity contribution in [1.82, 2.24) is 24.7 Å². The predicted molar refractivity (Wildman–Crippen MR) is 77.2 cm³/mol. The van der Waals surface area contributed by atoms with Crippen molar-refractivity contribution in [2.45, 2.75) is 32.1 Å². The summed E-state index contributed by atoms with van der Waals surface area (Å²) in [6.07, 6.45) is -0.525. The molecule has 3 heterocycles. The number of nitrogens with one attached hydrogen (secondary N) is 1. The molecule has 0 saturated carbocycles. The highest BCUT2D eigenvalue weighted by Crippen LogP contribution is 2.21. The van der Waals surface area contributed by atoms with Gasteiger partial charge < -0.3 is 9.84 Å². The summed E-state index contributed by atoms with van der Waals surface area (Å²) < 4.78 is 22.6. The fourth-order valence-corrected chi connectivity index (χ4v) is 3.05. The molecular weight excluding hydrogens is 309 g/mol. The van der Waals surface area contributed by atoms with Crippen LogP contribution in [0.4, 0.5) is 4.39 Å². The van der Waals surface area contributed by atoms with Gasteiger partial charge in [0.05, 0.1) is 6.54 Å². The third-order valence-corrected chi connectivity index (χ3v) is 4.12. The number of aryl methyl sites for hydroxylation is 1. The van der Waals surface area contributed by atoms with E-state index in [1.54, 1.807) is 18.4 Å². The van der Waals surface area contributed by atoms with E-state index < -0.39 is 6.17 Å². The molecule has 1 N–H and O–H groups in total. The highest BCUT2D eigenvalue weighted by Gasteiger charge is 2.33. The lowest BCUT2D eigenvalue weighted by atomic mass is 10.2. The zero-order valence-electron chi connectivity index (χ0n) is 12.0. The smallest absolute Gasteiger partial charge is 0.271 e. The highest BCUT2D eigenvalue weighted by molar-refractivity contribution is 7.03. The fraction of sp³-hybridized carbons (Fsp3) is 0.538. The molecule has 1 aliphatic rings. The minimum absolute atomic E-state index is 0.0867. The number of hydrogen-bond acceptors (Lipinski definition) is 7. The Labute approximate surface area is 130 Å². The van der Waals surface area contributed by atoms with Gasteiger partial charge >= 0.3 is 0 Å². The number of carbonyl (C=O) groups excluding carboxylic acids is 1. The van der Waals surface area contributed by atoms with E-state index in [0.717, 1.165) is 0 Å². The first-order chi connectivity index (χ1) is 10.6. The summed E-state index contributed by atoms with van der Waals surface area (Å²) in [6.45, 7) is 2.80. The lowest BCUT2D eigenvalue weighted by molar-refractivity contribution is 0.0935. The molecule has 1 amide bonds. The van der Waals surface area contributed by atoms with Gasteiger partial charge in [0.2, 0.25) is 5.89 Å². The van der Waals surface area contributed by atoms with Crippen molar-refractivity contribution in [3.05, 3.63) is 28.9 Å². The van der Waals surface area contributed by atoms with Crippen molar-refractivity contribution < 1.29 is 13.7 Å². The molecule has 1 saturated heterocycles. The third-order valence-electron chi connectivity index (χ3n) is 3.56. The number of carbonyl (C=O) groups is 1. The molecule has 118 valence electrons. The molecule has 0 bridgehead atoms. The van der Waals surface area contributed by atoms with Crippen molar-refractivity contribution in [2.24, 2.45) is 0 Å². The van der Waals surface area contributed by atoms with Gasteiger partial charge in [-0.15, -0.1) is 0 Å². The van der Waals surface area contributed by atoms with E-state index in [1.807, 2.05) is 4.90 Å². The van der Waals surface area contributed by atoms with E-state index in [0.29, 0.717) is 43.5 Å². The second kappa shape index (κ2) is 6.49. The Hall–Kier alpha value is -1.87. The van der Waals surface area contributed by atoms with E-state index in [1.165, 1.54) is 11.5 Å². The number of amides is 1. The second-order valence-electron chi connectivity index (χ2n) is 5.24. The van der Waals surface area contributed by atoms with E-state index >= 15 is 0 Å². The van der Waals surface area contributed by atoms with Crippen LogP contribution in [0.15, 0.2) is 16.0 Å². The largest absolute Gasteiger partial charge is 0.349 e. The first-order valence-corrected chi connectivity index (χ1v) is 7.81. The maximum atomic E-state index is 13.7. The summed E-state index contributed by atoms with van der Waals surface area (Å²) in [6, 6.07) is 1.57. The molecule has 2 aromatic rings. The van der Waals surface area contributed by atoms with E-state index in [4.69, 9.17) is 4.52 Å². The predicted octanol–water partition coefficient (Wildman–Crippen LogP) is 1.18. The van der Waals surface area contributed by atoms with Gasteiger partial charge in [-0.3, -0.25) is 9.69 Å². The zero-order chi connectivity index (χ0) is 15.5. The van der Waals surface area contributed by atoms with Crippen molar-refractivity contribution in [3.63, 3.8) is 0 Å². The van der Waals surface area contributed by atoms with Crippen LogP contribution in [0.3, 0.4) is 0 Å². The van der Waals surface area contributed by atoms with Crippen LogP contribution in [0.2, 0.25) is 0 Å². The summed E-state index contributed by atoms with van der Waals surface area (Å²) in [5.74, 6) is 0.778. The zero-order valence-corrected chi connectivity index (χ0v) is 12.8. The summed E-state index contributed by atoms with van der Waals surface area (Å²) >= 11 is 1.22. The molecule has 0 spiro atoms. The number of likely N-dealkylation sites (tertiary alicyclic amines) is 1. The quantitative estimate of drug-likeness (QED) is 0.888. The van der Waals surface area contributed by atoms with Crippen LogP contribution in [0.1, 0.15) is 28.6 Å². The lowest BCUT2D eigenvalue weighted by Crippen LogP contribution is -2.40. The first kappa shape index (κ1) is 15.0. The Balaban J connectivity index is 1.57. The molecule has 2 atom stereocenters. The fourth-order valence-electron chi connectivity index (χ4n) is 2.55. The van der Waals surface area contributed by atoms with Crippen LogP contribution in [-0.4, -0.2) is 50.6 Å². The van der Waals surface area contributed by atoms with E-state index in [9.17, 15) is 9.18 Å². The summed E-state index contributed by atoms with van der Waals surface area (Å²) in [4.78, 5) is 18.0. The molecule has 1 aliphatic heterocycles. The molecule has 1 fully saturated rings. The Kier molecular flexibility index (Phi) is 4.44. The summed E-state index contributed by atoms with van der Waals surface area (Å²) in [7, 11) is 0. The van der Waals surface area contributed by atoms with Crippen molar-refractivity contribution in [2.75, 3.05) is 13.1 Å². The molecule has 22 heavy (non-hydrogen) atoms. The minimum Gasteiger partial charge on any atom is -0.349 e. The lowest BCUT2D eigenvalue weighted by Gasteiger charge is -2.22. The topological polar surface area (TPSA) is 84.2 Å². The molecule has 0 unspecified atom stereocenters. The van der Waals surface area contributed by atoms with Gasteiger partial charge in [-0.05, 0) is 24.0 Å². The number of rotatable bonds is 5. The molecule has 0 aliphatic carbocycles. The SMILES string of the molecule is Cc1nc(CN2C[C@@H](F)C[C@H]2CNC(=O)c2ccsn2)no1. The number of hydrogen-bond donors (Lipinski definition) is 1. The first-order valence-electron chi connectivity index (χ1n) is 6.97. The molecule has 3 rings (SSSR count). The number of nitrogens with zero attached hydrogens (tertiary/aromatic N) is 4. The maximum Gasteiger partial charge on any atom is 0.271 e. The van der Waals surface area contributed by atoms with Gasteiger partial charge in [0.25, 0.3) is 5.91 Å². The van der Waals surface area contributed by atoms with Gasteiger partial charge in [-0.25, -0.2) is 4.39 Å². The minimum atomic E-state index is -0.908. The van der Waals surface area contributed by atoms with Gasteiger partial charge in [0.1, 0.15) is 11.9 Å². The van der Waals surface area contributed by atoms with Crippen LogP contribution >= 0.6 is 11.5 Å². The average molecular weight is 325 g/mol.